The van der Waals surface area contributed by atoms with Gasteiger partial charge in [0.1, 0.15) is 5.60 Å². The Hall–Kier alpha value is -0.160. The third-order valence-corrected chi connectivity index (χ3v) is 5.76. The van der Waals surface area contributed by atoms with Crippen molar-refractivity contribution >= 4 is 0 Å². The SMILES string of the molecule is CC1CCC(CN2CCN(CC3(O)CN(C)C3)CC2)CC1. The molecule has 0 aromatic heterocycles. The zero-order valence-corrected chi connectivity index (χ0v) is 13.9. The zero-order chi connectivity index (χ0) is 14.9. The fourth-order valence-electron chi connectivity index (χ4n) is 4.48. The Morgan fingerprint density at radius 2 is 1.52 bits per heavy atom. The molecule has 1 saturated carbocycles. The molecule has 0 aromatic rings. The molecule has 0 aromatic carbocycles. The molecule has 3 fully saturated rings. The van der Waals surface area contributed by atoms with Gasteiger partial charge in [-0.3, -0.25) is 4.90 Å². The van der Waals surface area contributed by atoms with E-state index in [2.05, 4.69) is 28.7 Å². The quantitative estimate of drug-likeness (QED) is 0.841. The summed E-state index contributed by atoms with van der Waals surface area (Å²) in [5.74, 6) is 1.90. The summed E-state index contributed by atoms with van der Waals surface area (Å²) in [6, 6.07) is 0. The third-order valence-electron chi connectivity index (χ3n) is 5.76. The fourth-order valence-corrected chi connectivity index (χ4v) is 4.48. The van der Waals surface area contributed by atoms with Crippen molar-refractivity contribution in [3.05, 3.63) is 0 Å². The average molecular weight is 295 g/mol. The topological polar surface area (TPSA) is 30.0 Å². The Labute approximate surface area is 130 Å². The number of β-amino-alcohol motifs (C(OH)–C–C–N with tert-alkyl or cyclic N) is 1. The number of piperazine rings is 1. The summed E-state index contributed by atoms with van der Waals surface area (Å²) >= 11 is 0. The van der Waals surface area contributed by atoms with E-state index in [1.807, 2.05) is 0 Å². The molecule has 3 rings (SSSR count). The number of aliphatic hydroxyl groups is 1. The van der Waals surface area contributed by atoms with Gasteiger partial charge in [0.05, 0.1) is 0 Å². The Balaban J connectivity index is 1.35. The first-order valence-corrected chi connectivity index (χ1v) is 8.88. The van der Waals surface area contributed by atoms with Crippen molar-refractivity contribution in [3.63, 3.8) is 0 Å². The number of nitrogens with zero attached hydrogens (tertiary/aromatic N) is 3. The van der Waals surface area contributed by atoms with Gasteiger partial charge < -0.3 is 14.9 Å². The number of hydrogen-bond donors (Lipinski definition) is 1. The van der Waals surface area contributed by atoms with Crippen LogP contribution in [0.15, 0.2) is 0 Å². The molecule has 3 aliphatic rings. The molecule has 0 radical (unpaired) electrons. The molecule has 0 atom stereocenters. The second-order valence-electron chi connectivity index (χ2n) is 8.10. The van der Waals surface area contributed by atoms with Gasteiger partial charge in [-0.1, -0.05) is 19.8 Å². The molecule has 21 heavy (non-hydrogen) atoms. The van der Waals surface area contributed by atoms with Crippen molar-refractivity contribution < 1.29 is 5.11 Å². The highest BCUT2D eigenvalue weighted by Crippen LogP contribution is 2.29. The van der Waals surface area contributed by atoms with E-state index >= 15 is 0 Å². The Morgan fingerprint density at radius 1 is 0.952 bits per heavy atom. The van der Waals surface area contributed by atoms with Crippen molar-refractivity contribution in [2.24, 2.45) is 11.8 Å². The maximum Gasteiger partial charge on any atom is 0.103 e. The minimum absolute atomic E-state index is 0.434. The van der Waals surface area contributed by atoms with Crippen LogP contribution >= 0.6 is 0 Å². The van der Waals surface area contributed by atoms with Gasteiger partial charge in [0, 0.05) is 52.4 Å². The Kier molecular flexibility index (Phi) is 4.89. The summed E-state index contributed by atoms with van der Waals surface area (Å²) in [4.78, 5) is 7.32. The molecular weight excluding hydrogens is 262 g/mol. The van der Waals surface area contributed by atoms with Crippen LogP contribution in [-0.4, -0.2) is 84.8 Å². The minimum Gasteiger partial charge on any atom is -0.386 e. The molecule has 2 saturated heterocycles. The van der Waals surface area contributed by atoms with Gasteiger partial charge in [-0.15, -0.1) is 0 Å². The second kappa shape index (κ2) is 6.53. The van der Waals surface area contributed by atoms with Gasteiger partial charge in [0.2, 0.25) is 0 Å². The molecule has 0 amide bonds. The van der Waals surface area contributed by atoms with E-state index in [4.69, 9.17) is 0 Å². The smallest absolute Gasteiger partial charge is 0.103 e. The van der Waals surface area contributed by atoms with E-state index < -0.39 is 5.60 Å². The number of rotatable bonds is 4. The normalized spacial score (nSPS) is 35.6. The molecular formula is C17H33N3O. The van der Waals surface area contributed by atoms with Crippen molar-refractivity contribution in [1.29, 1.82) is 0 Å². The van der Waals surface area contributed by atoms with E-state index in [9.17, 15) is 5.11 Å². The molecule has 2 aliphatic heterocycles. The number of hydrogen-bond acceptors (Lipinski definition) is 4. The zero-order valence-electron chi connectivity index (χ0n) is 13.9. The lowest BCUT2D eigenvalue weighted by Crippen LogP contribution is -2.66. The first kappa shape index (κ1) is 15.7. The summed E-state index contributed by atoms with van der Waals surface area (Å²) in [5.41, 5.74) is -0.434. The highest BCUT2D eigenvalue weighted by molar-refractivity contribution is 4.97. The average Bonchev–Trinajstić information content (AvgIpc) is 2.42. The van der Waals surface area contributed by atoms with Crippen molar-refractivity contribution in [3.8, 4) is 0 Å². The van der Waals surface area contributed by atoms with E-state index in [0.717, 1.165) is 44.6 Å². The maximum atomic E-state index is 10.4. The van der Waals surface area contributed by atoms with Crippen LogP contribution in [0.1, 0.15) is 32.6 Å². The second-order valence-corrected chi connectivity index (χ2v) is 8.10. The molecule has 1 aliphatic carbocycles. The van der Waals surface area contributed by atoms with Crippen molar-refractivity contribution in [2.45, 2.75) is 38.2 Å². The van der Waals surface area contributed by atoms with Crippen LogP contribution in [0.25, 0.3) is 0 Å². The highest BCUT2D eigenvalue weighted by Gasteiger charge is 2.40. The van der Waals surface area contributed by atoms with E-state index in [-0.39, 0.29) is 0 Å². The van der Waals surface area contributed by atoms with Crippen LogP contribution < -0.4 is 0 Å². The van der Waals surface area contributed by atoms with Crippen LogP contribution in [0.2, 0.25) is 0 Å². The van der Waals surface area contributed by atoms with Crippen LogP contribution in [0, 0.1) is 11.8 Å². The summed E-state index contributed by atoms with van der Waals surface area (Å²) in [5, 5.41) is 10.4. The number of likely N-dealkylation sites (N-methyl/N-ethyl adjacent to an activating group) is 1. The molecule has 0 unspecified atom stereocenters. The minimum atomic E-state index is -0.434. The summed E-state index contributed by atoms with van der Waals surface area (Å²) in [6.07, 6.45) is 5.75. The van der Waals surface area contributed by atoms with Gasteiger partial charge in [0.25, 0.3) is 0 Å². The Morgan fingerprint density at radius 3 is 2.10 bits per heavy atom. The van der Waals surface area contributed by atoms with Crippen LogP contribution in [0.4, 0.5) is 0 Å². The first-order valence-electron chi connectivity index (χ1n) is 8.88. The lowest BCUT2D eigenvalue weighted by molar-refractivity contribution is -0.107. The van der Waals surface area contributed by atoms with Gasteiger partial charge >= 0.3 is 0 Å². The van der Waals surface area contributed by atoms with E-state index in [1.165, 1.54) is 45.3 Å². The predicted octanol–water partition coefficient (Wildman–Crippen LogP) is 1.11. The predicted molar refractivity (Wildman–Crippen MR) is 86.4 cm³/mol. The highest BCUT2D eigenvalue weighted by atomic mass is 16.3. The maximum absolute atomic E-state index is 10.4. The molecule has 0 spiro atoms. The fraction of sp³-hybridized carbons (Fsp3) is 1.00. The Bertz CT molecular complexity index is 327. The largest absolute Gasteiger partial charge is 0.386 e. The summed E-state index contributed by atoms with van der Waals surface area (Å²) < 4.78 is 0. The molecule has 0 bridgehead atoms. The molecule has 4 heteroatoms. The monoisotopic (exact) mass is 295 g/mol. The van der Waals surface area contributed by atoms with Crippen LogP contribution in [0.5, 0.6) is 0 Å². The van der Waals surface area contributed by atoms with Gasteiger partial charge in [-0.2, -0.15) is 0 Å². The van der Waals surface area contributed by atoms with E-state index in [1.54, 1.807) is 0 Å². The lowest BCUT2D eigenvalue weighted by atomic mass is 9.83. The van der Waals surface area contributed by atoms with Gasteiger partial charge in [0.15, 0.2) is 0 Å². The van der Waals surface area contributed by atoms with Crippen LogP contribution in [0.3, 0.4) is 0 Å². The molecule has 2 heterocycles. The lowest BCUT2D eigenvalue weighted by Gasteiger charge is -2.48. The summed E-state index contributed by atoms with van der Waals surface area (Å²) in [6.45, 7) is 10.9. The van der Waals surface area contributed by atoms with Gasteiger partial charge in [-0.25, -0.2) is 0 Å². The van der Waals surface area contributed by atoms with Crippen LogP contribution in [-0.2, 0) is 0 Å². The molecule has 122 valence electrons. The van der Waals surface area contributed by atoms with Gasteiger partial charge in [-0.05, 0) is 31.7 Å². The third kappa shape index (κ3) is 4.19. The summed E-state index contributed by atoms with van der Waals surface area (Å²) in [7, 11) is 2.08. The van der Waals surface area contributed by atoms with Crippen molar-refractivity contribution in [2.75, 3.05) is 59.4 Å². The van der Waals surface area contributed by atoms with Crippen molar-refractivity contribution in [1.82, 2.24) is 14.7 Å². The first-order chi connectivity index (χ1) is 10.0. The van der Waals surface area contributed by atoms with E-state index in [0.29, 0.717) is 0 Å². The standard InChI is InChI=1S/C17H33N3O/c1-15-3-5-16(6-4-15)11-19-7-9-20(10-8-19)14-17(21)12-18(2)13-17/h15-16,21H,3-14H2,1-2H3. The molecule has 1 N–H and O–H groups in total. The molecule has 4 nitrogen and oxygen atoms in total. The number of likely N-dealkylation sites (tertiary alicyclic amines) is 1.